The zero-order valence-electron chi connectivity index (χ0n) is 18.3. The fraction of sp³-hybridized carbons (Fsp3) is 0.409. The number of aromatic nitrogens is 1. The minimum atomic E-state index is -0.866. The van der Waals surface area contributed by atoms with Crippen molar-refractivity contribution in [3.05, 3.63) is 52.2 Å². The number of ether oxygens (including phenoxy) is 1. The molecule has 0 unspecified atom stereocenters. The number of aromatic amines is 1. The molecule has 2 aromatic heterocycles. The van der Waals surface area contributed by atoms with Crippen LogP contribution in [0.25, 0.3) is 5.76 Å². The van der Waals surface area contributed by atoms with Crippen molar-refractivity contribution in [2.24, 2.45) is 0 Å². The van der Waals surface area contributed by atoms with E-state index in [0.717, 1.165) is 0 Å². The van der Waals surface area contributed by atoms with E-state index < -0.39 is 23.7 Å². The molecule has 2 aromatic rings. The highest BCUT2D eigenvalue weighted by molar-refractivity contribution is 6.46. The highest BCUT2D eigenvalue weighted by Crippen LogP contribution is 2.40. The summed E-state index contributed by atoms with van der Waals surface area (Å²) in [6.07, 6.45) is 1.45. The summed E-state index contributed by atoms with van der Waals surface area (Å²) in [4.78, 5) is 44.3. The van der Waals surface area contributed by atoms with Crippen LogP contribution in [0.15, 0.2) is 28.4 Å². The number of aliphatic hydroxyl groups is 1. The van der Waals surface area contributed by atoms with E-state index in [1.165, 1.54) is 11.2 Å². The van der Waals surface area contributed by atoms with Crippen LogP contribution in [0.5, 0.6) is 0 Å². The van der Waals surface area contributed by atoms with Crippen LogP contribution in [-0.2, 0) is 14.3 Å². The number of aliphatic hydroxyl groups excluding tert-OH is 1. The number of nitrogens with zero attached hydrogens (tertiary/aromatic N) is 2. The second-order valence-corrected chi connectivity index (χ2v) is 7.66. The summed E-state index contributed by atoms with van der Waals surface area (Å²) < 4.78 is 10.6. The monoisotopic (exact) mass is 429 g/mol. The number of hydrogen-bond donors (Lipinski definition) is 2. The summed E-state index contributed by atoms with van der Waals surface area (Å²) in [6.45, 7) is 6.03. The van der Waals surface area contributed by atoms with Crippen molar-refractivity contribution in [3.63, 3.8) is 0 Å². The van der Waals surface area contributed by atoms with Crippen LogP contribution in [0.3, 0.4) is 0 Å². The molecule has 0 bridgehead atoms. The number of ketones is 1. The molecule has 166 valence electrons. The average Bonchev–Trinajstić information content (AvgIpc) is 3.39. The summed E-state index contributed by atoms with van der Waals surface area (Å²) in [5.41, 5.74) is 1.34. The Bertz CT molecular complexity index is 1030. The number of H-pyrrole nitrogens is 1. The van der Waals surface area contributed by atoms with Gasteiger partial charge in [-0.3, -0.25) is 9.59 Å². The number of Topliss-reactive ketones (excluding diaryl/α,β-unsaturated/α-hetero) is 1. The molecule has 0 radical (unpaired) electrons. The molecule has 9 nitrogen and oxygen atoms in total. The predicted octanol–water partition coefficient (Wildman–Crippen LogP) is 2.38. The number of rotatable bonds is 7. The smallest absolute Gasteiger partial charge is 0.355 e. The third-order valence-corrected chi connectivity index (χ3v) is 5.29. The largest absolute Gasteiger partial charge is 0.507 e. The number of carbonyl (C=O) groups excluding carboxylic acids is 3. The molecule has 2 N–H and O–H groups in total. The van der Waals surface area contributed by atoms with Crippen LogP contribution in [0, 0.1) is 13.8 Å². The van der Waals surface area contributed by atoms with Gasteiger partial charge in [0.2, 0.25) is 0 Å². The van der Waals surface area contributed by atoms with Crippen molar-refractivity contribution < 1.29 is 28.6 Å². The third kappa shape index (κ3) is 4.00. The SMILES string of the molecule is CCOC(=O)c1[nH]c(C)c(C(O)=C2C(=O)C(=O)N(CCN(C)C)[C@H]2c2ccco2)c1C. The Morgan fingerprint density at radius 3 is 2.61 bits per heavy atom. The van der Waals surface area contributed by atoms with E-state index in [0.29, 0.717) is 29.1 Å². The van der Waals surface area contributed by atoms with Gasteiger partial charge in [-0.1, -0.05) is 0 Å². The third-order valence-electron chi connectivity index (χ3n) is 5.29. The maximum Gasteiger partial charge on any atom is 0.355 e. The van der Waals surface area contributed by atoms with Crippen molar-refractivity contribution in [2.75, 3.05) is 33.8 Å². The fourth-order valence-corrected chi connectivity index (χ4v) is 3.81. The first-order valence-electron chi connectivity index (χ1n) is 10.0. The molecule has 0 saturated carbocycles. The predicted molar refractivity (Wildman–Crippen MR) is 112 cm³/mol. The minimum absolute atomic E-state index is 0.0701. The van der Waals surface area contributed by atoms with Gasteiger partial charge in [-0.05, 0) is 52.6 Å². The van der Waals surface area contributed by atoms with Crippen molar-refractivity contribution in [3.8, 4) is 0 Å². The highest BCUT2D eigenvalue weighted by atomic mass is 16.5. The summed E-state index contributed by atoms with van der Waals surface area (Å²) in [5.74, 6) is -2.04. The Morgan fingerprint density at radius 1 is 1.32 bits per heavy atom. The Hall–Kier alpha value is -3.33. The van der Waals surface area contributed by atoms with E-state index in [9.17, 15) is 19.5 Å². The number of amides is 1. The average molecular weight is 429 g/mol. The molecular weight excluding hydrogens is 402 g/mol. The summed E-state index contributed by atoms with van der Waals surface area (Å²) in [7, 11) is 3.73. The van der Waals surface area contributed by atoms with E-state index in [1.54, 1.807) is 32.9 Å². The molecule has 0 aromatic carbocycles. The Balaban J connectivity index is 2.15. The number of aryl methyl sites for hydroxylation is 1. The zero-order chi connectivity index (χ0) is 22.9. The van der Waals surface area contributed by atoms with Gasteiger partial charge < -0.3 is 29.0 Å². The minimum Gasteiger partial charge on any atom is -0.507 e. The molecule has 1 saturated heterocycles. The molecule has 3 rings (SSSR count). The van der Waals surface area contributed by atoms with E-state index in [1.807, 2.05) is 19.0 Å². The molecule has 1 amide bonds. The van der Waals surface area contributed by atoms with Crippen molar-refractivity contribution in [1.82, 2.24) is 14.8 Å². The quantitative estimate of drug-likeness (QED) is 0.300. The molecular formula is C22H27N3O6. The van der Waals surface area contributed by atoms with Crippen molar-refractivity contribution in [1.29, 1.82) is 0 Å². The molecule has 1 aliphatic heterocycles. The van der Waals surface area contributed by atoms with Gasteiger partial charge in [-0.15, -0.1) is 0 Å². The van der Waals surface area contributed by atoms with E-state index in [2.05, 4.69) is 4.98 Å². The van der Waals surface area contributed by atoms with Gasteiger partial charge in [0.25, 0.3) is 11.7 Å². The fourth-order valence-electron chi connectivity index (χ4n) is 3.81. The molecule has 9 heteroatoms. The first kappa shape index (κ1) is 22.4. The Kier molecular flexibility index (Phi) is 6.35. The lowest BCUT2D eigenvalue weighted by atomic mass is 9.97. The van der Waals surface area contributed by atoms with Gasteiger partial charge in [-0.2, -0.15) is 0 Å². The van der Waals surface area contributed by atoms with E-state index in [4.69, 9.17) is 9.15 Å². The number of likely N-dealkylation sites (tertiary alicyclic amines) is 1. The van der Waals surface area contributed by atoms with Crippen LogP contribution < -0.4 is 0 Å². The molecule has 1 atom stereocenters. The lowest BCUT2D eigenvalue weighted by Gasteiger charge is -2.24. The molecule has 0 spiro atoms. The van der Waals surface area contributed by atoms with Crippen molar-refractivity contribution in [2.45, 2.75) is 26.8 Å². The topological polar surface area (TPSA) is 116 Å². The van der Waals surface area contributed by atoms with Crippen LogP contribution in [-0.4, -0.2) is 71.3 Å². The number of esters is 1. The van der Waals surface area contributed by atoms with Crippen LogP contribution in [0.2, 0.25) is 0 Å². The summed E-state index contributed by atoms with van der Waals surface area (Å²) in [5, 5.41) is 11.2. The van der Waals surface area contributed by atoms with Gasteiger partial charge in [0.1, 0.15) is 23.3 Å². The van der Waals surface area contributed by atoms with Gasteiger partial charge in [-0.25, -0.2) is 4.79 Å². The lowest BCUT2D eigenvalue weighted by Crippen LogP contribution is -2.35. The van der Waals surface area contributed by atoms with Gasteiger partial charge in [0.05, 0.1) is 18.4 Å². The van der Waals surface area contributed by atoms with Gasteiger partial charge in [0.15, 0.2) is 0 Å². The first-order valence-corrected chi connectivity index (χ1v) is 10.0. The van der Waals surface area contributed by atoms with Crippen LogP contribution in [0.4, 0.5) is 0 Å². The standard InChI is InChI=1S/C22H27N3O6/c1-6-30-22(29)17-12(2)15(13(3)23-17)19(26)16-18(14-8-7-11-31-14)25(10-9-24(4)5)21(28)20(16)27/h7-8,11,18,23,26H,6,9-10H2,1-5H3/t18-/m0/s1. The maximum atomic E-state index is 13.0. The summed E-state index contributed by atoms with van der Waals surface area (Å²) >= 11 is 0. The second kappa shape index (κ2) is 8.81. The molecule has 31 heavy (non-hydrogen) atoms. The molecule has 1 fully saturated rings. The second-order valence-electron chi connectivity index (χ2n) is 7.66. The number of nitrogens with one attached hydrogen (secondary N) is 1. The van der Waals surface area contributed by atoms with Crippen LogP contribution >= 0.6 is 0 Å². The van der Waals surface area contributed by atoms with Crippen molar-refractivity contribution >= 4 is 23.4 Å². The molecule has 0 aliphatic carbocycles. The summed E-state index contributed by atoms with van der Waals surface area (Å²) in [6, 6.07) is 2.45. The lowest BCUT2D eigenvalue weighted by molar-refractivity contribution is -0.140. The highest BCUT2D eigenvalue weighted by Gasteiger charge is 2.47. The van der Waals surface area contributed by atoms with E-state index in [-0.39, 0.29) is 30.2 Å². The van der Waals surface area contributed by atoms with E-state index >= 15 is 0 Å². The number of likely N-dealkylation sites (N-methyl/N-ethyl adjacent to an activating group) is 1. The zero-order valence-corrected chi connectivity index (χ0v) is 18.3. The Morgan fingerprint density at radius 2 is 2.03 bits per heavy atom. The Labute approximate surface area is 180 Å². The molecule has 3 heterocycles. The normalized spacial score (nSPS) is 18.3. The van der Waals surface area contributed by atoms with Gasteiger partial charge >= 0.3 is 5.97 Å². The number of hydrogen-bond acceptors (Lipinski definition) is 7. The van der Waals surface area contributed by atoms with Gasteiger partial charge in [0, 0.05) is 24.3 Å². The maximum absolute atomic E-state index is 13.0. The number of carbonyl (C=O) groups is 3. The number of furan rings is 1. The molecule has 1 aliphatic rings. The van der Waals surface area contributed by atoms with Crippen LogP contribution in [0.1, 0.15) is 46.0 Å². The first-order chi connectivity index (χ1) is 14.7.